The van der Waals surface area contributed by atoms with E-state index in [1.54, 1.807) is 17.0 Å². The van der Waals surface area contributed by atoms with Gasteiger partial charge in [0.25, 0.3) is 11.6 Å². The van der Waals surface area contributed by atoms with Crippen molar-refractivity contribution in [2.24, 2.45) is 0 Å². The van der Waals surface area contributed by atoms with E-state index in [1.165, 1.54) is 6.07 Å². The van der Waals surface area contributed by atoms with E-state index in [0.29, 0.717) is 23.8 Å². The number of likely N-dealkylation sites (tertiary alicyclic amines) is 1. The molecule has 0 aromatic heterocycles. The van der Waals surface area contributed by atoms with Gasteiger partial charge < -0.3 is 15.3 Å². The van der Waals surface area contributed by atoms with E-state index in [2.05, 4.69) is 5.32 Å². The minimum atomic E-state index is -0.463. The lowest BCUT2D eigenvalue weighted by Gasteiger charge is -2.23. The summed E-state index contributed by atoms with van der Waals surface area (Å²) in [6.07, 6.45) is 3.65. The molecular weight excluding hydrogens is 286 g/mol. The number of nitrogens with zero attached hydrogens (tertiary/aromatic N) is 2. The van der Waals surface area contributed by atoms with Gasteiger partial charge in [0, 0.05) is 24.2 Å². The van der Waals surface area contributed by atoms with E-state index in [4.69, 9.17) is 0 Å². The zero-order valence-corrected chi connectivity index (χ0v) is 12.2. The Morgan fingerprint density at radius 1 is 1.41 bits per heavy atom. The van der Waals surface area contributed by atoms with Crippen molar-refractivity contribution in [3.8, 4) is 0 Å². The van der Waals surface area contributed by atoms with E-state index < -0.39 is 4.92 Å². The van der Waals surface area contributed by atoms with Crippen LogP contribution in [0.5, 0.6) is 0 Å². The second kappa shape index (κ2) is 5.92. The highest BCUT2D eigenvalue weighted by molar-refractivity contribution is 5.96. The number of nitro benzene ring substituents is 1. The van der Waals surface area contributed by atoms with Crippen molar-refractivity contribution in [1.82, 2.24) is 4.90 Å². The number of aliphatic hydroxyl groups is 1. The normalized spacial score (nSPS) is 21.0. The Bertz CT molecular complexity index is 600. The number of benzene rings is 1. The van der Waals surface area contributed by atoms with Crippen molar-refractivity contribution in [3.05, 3.63) is 33.9 Å². The molecule has 2 fully saturated rings. The molecule has 0 spiro atoms. The fourth-order valence-corrected chi connectivity index (χ4v) is 2.84. The van der Waals surface area contributed by atoms with E-state index in [1.807, 2.05) is 0 Å². The SMILES string of the molecule is O=C(c1ccc(NC2CC2)c([N+](=O)[O-])c1)N1CCC[C@@H]1CO. The zero-order chi connectivity index (χ0) is 15.7. The monoisotopic (exact) mass is 305 g/mol. The average molecular weight is 305 g/mol. The van der Waals surface area contributed by atoms with Crippen LogP contribution in [0.15, 0.2) is 18.2 Å². The number of carbonyl (C=O) groups is 1. The quantitative estimate of drug-likeness (QED) is 0.638. The molecule has 1 aromatic rings. The molecule has 1 aliphatic carbocycles. The van der Waals surface area contributed by atoms with Crippen molar-refractivity contribution < 1.29 is 14.8 Å². The molecule has 22 heavy (non-hydrogen) atoms. The molecule has 7 nitrogen and oxygen atoms in total. The Hall–Kier alpha value is -2.15. The van der Waals surface area contributed by atoms with Gasteiger partial charge in [0.2, 0.25) is 0 Å². The Morgan fingerprint density at radius 3 is 2.82 bits per heavy atom. The fourth-order valence-electron chi connectivity index (χ4n) is 2.84. The third kappa shape index (κ3) is 2.89. The minimum Gasteiger partial charge on any atom is -0.394 e. The first kappa shape index (κ1) is 14.8. The molecule has 1 aromatic carbocycles. The molecule has 0 bridgehead atoms. The maximum atomic E-state index is 12.5. The molecule has 2 N–H and O–H groups in total. The van der Waals surface area contributed by atoms with Crippen LogP contribution in [0.3, 0.4) is 0 Å². The number of amides is 1. The summed E-state index contributed by atoms with van der Waals surface area (Å²) in [7, 11) is 0. The lowest BCUT2D eigenvalue weighted by Crippen LogP contribution is -2.37. The lowest BCUT2D eigenvalue weighted by atomic mass is 10.1. The second-order valence-electron chi connectivity index (χ2n) is 5.88. The first-order valence-corrected chi connectivity index (χ1v) is 7.57. The number of rotatable bonds is 5. The topological polar surface area (TPSA) is 95.7 Å². The van der Waals surface area contributed by atoms with Gasteiger partial charge in [-0.1, -0.05) is 0 Å². The molecule has 1 saturated carbocycles. The third-order valence-electron chi connectivity index (χ3n) is 4.23. The molecule has 1 aliphatic heterocycles. The van der Waals surface area contributed by atoms with Crippen molar-refractivity contribution in [2.75, 3.05) is 18.5 Å². The maximum Gasteiger partial charge on any atom is 0.293 e. The van der Waals surface area contributed by atoms with Gasteiger partial charge in [-0.3, -0.25) is 14.9 Å². The van der Waals surface area contributed by atoms with E-state index >= 15 is 0 Å². The van der Waals surface area contributed by atoms with E-state index in [0.717, 1.165) is 25.7 Å². The van der Waals surface area contributed by atoms with Crippen LogP contribution >= 0.6 is 0 Å². The lowest BCUT2D eigenvalue weighted by molar-refractivity contribution is -0.384. The number of aliphatic hydroxyl groups excluding tert-OH is 1. The molecular formula is C15H19N3O4. The van der Waals surface area contributed by atoms with E-state index in [9.17, 15) is 20.0 Å². The zero-order valence-electron chi connectivity index (χ0n) is 12.2. The van der Waals surface area contributed by atoms with Crippen LogP contribution in [0.4, 0.5) is 11.4 Å². The van der Waals surface area contributed by atoms with Crippen LogP contribution in [0.25, 0.3) is 0 Å². The fraction of sp³-hybridized carbons (Fsp3) is 0.533. The smallest absolute Gasteiger partial charge is 0.293 e. The molecule has 0 radical (unpaired) electrons. The highest BCUT2D eigenvalue weighted by Crippen LogP contribution is 2.32. The van der Waals surface area contributed by atoms with E-state index in [-0.39, 0.29) is 24.2 Å². The largest absolute Gasteiger partial charge is 0.394 e. The summed E-state index contributed by atoms with van der Waals surface area (Å²) in [5.74, 6) is -0.252. The summed E-state index contributed by atoms with van der Waals surface area (Å²) in [6, 6.07) is 4.67. The summed E-state index contributed by atoms with van der Waals surface area (Å²) in [5.41, 5.74) is 0.690. The predicted molar refractivity (Wildman–Crippen MR) is 80.9 cm³/mol. The highest BCUT2D eigenvalue weighted by Gasteiger charge is 2.30. The molecule has 0 unspecified atom stereocenters. The molecule has 7 heteroatoms. The summed E-state index contributed by atoms with van der Waals surface area (Å²) >= 11 is 0. The number of nitrogens with one attached hydrogen (secondary N) is 1. The summed E-state index contributed by atoms with van der Waals surface area (Å²) in [6.45, 7) is 0.509. The molecule has 1 amide bonds. The van der Waals surface area contributed by atoms with Crippen LogP contribution in [0, 0.1) is 10.1 Å². The van der Waals surface area contributed by atoms with Gasteiger partial charge in [0.1, 0.15) is 5.69 Å². The summed E-state index contributed by atoms with van der Waals surface area (Å²) in [4.78, 5) is 24.9. The van der Waals surface area contributed by atoms with Gasteiger partial charge in [-0.25, -0.2) is 0 Å². The minimum absolute atomic E-state index is 0.0718. The Kier molecular flexibility index (Phi) is 3.98. The number of anilines is 1. The standard InChI is InChI=1S/C15H19N3O4/c19-9-12-2-1-7-17(12)15(20)10-3-6-13(16-11-4-5-11)14(8-10)18(21)22/h3,6,8,11-12,16,19H,1-2,4-5,7,9H2/t12-/m1/s1. The average Bonchev–Trinajstić information content (AvgIpc) is 3.20. The van der Waals surface area contributed by atoms with Gasteiger partial charge in [-0.15, -0.1) is 0 Å². The van der Waals surface area contributed by atoms with Crippen LogP contribution in [-0.2, 0) is 0 Å². The van der Waals surface area contributed by atoms with Gasteiger partial charge in [-0.2, -0.15) is 0 Å². The number of hydrogen-bond donors (Lipinski definition) is 2. The molecule has 2 aliphatic rings. The Balaban J connectivity index is 1.85. The summed E-state index contributed by atoms with van der Waals surface area (Å²) < 4.78 is 0. The Labute approximate surface area is 128 Å². The van der Waals surface area contributed by atoms with Gasteiger partial charge in [0.05, 0.1) is 17.6 Å². The molecule has 1 saturated heterocycles. The number of carbonyl (C=O) groups excluding carboxylic acids is 1. The molecule has 3 rings (SSSR count). The maximum absolute atomic E-state index is 12.5. The van der Waals surface area contributed by atoms with Crippen LogP contribution in [-0.4, -0.2) is 46.1 Å². The molecule has 118 valence electrons. The van der Waals surface area contributed by atoms with Crippen LogP contribution in [0.2, 0.25) is 0 Å². The second-order valence-corrected chi connectivity index (χ2v) is 5.88. The van der Waals surface area contributed by atoms with Gasteiger partial charge in [0.15, 0.2) is 0 Å². The summed E-state index contributed by atoms with van der Waals surface area (Å²) in [5, 5.41) is 23.7. The molecule has 1 heterocycles. The van der Waals surface area contributed by atoms with Crippen molar-refractivity contribution in [2.45, 2.75) is 37.8 Å². The van der Waals surface area contributed by atoms with Gasteiger partial charge >= 0.3 is 0 Å². The Morgan fingerprint density at radius 2 is 2.18 bits per heavy atom. The van der Waals surface area contributed by atoms with Crippen LogP contribution < -0.4 is 5.32 Å². The number of hydrogen-bond acceptors (Lipinski definition) is 5. The molecule has 1 atom stereocenters. The third-order valence-corrected chi connectivity index (χ3v) is 4.23. The predicted octanol–water partition coefficient (Wildman–Crippen LogP) is 1.77. The first-order valence-electron chi connectivity index (χ1n) is 7.57. The van der Waals surface area contributed by atoms with Crippen molar-refractivity contribution in [1.29, 1.82) is 0 Å². The first-order chi connectivity index (χ1) is 10.6. The highest BCUT2D eigenvalue weighted by atomic mass is 16.6. The van der Waals surface area contributed by atoms with Crippen molar-refractivity contribution >= 4 is 17.3 Å². The van der Waals surface area contributed by atoms with Crippen molar-refractivity contribution in [3.63, 3.8) is 0 Å². The number of nitro groups is 1. The van der Waals surface area contributed by atoms with Crippen LogP contribution in [0.1, 0.15) is 36.0 Å². The van der Waals surface area contributed by atoms with Gasteiger partial charge in [-0.05, 0) is 37.8 Å².